The number of benzene rings is 1. The quantitative estimate of drug-likeness (QED) is 0.633. The molecular weight excluding hydrogens is 293 g/mol. The number of carbonyl (C=O) groups is 1. The molecule has 0 atom stereocenters. The highest BCUT2D eigenvalue weighted by Crippen LogP contribution is 2.20. The Morgan fingerprint density at radius 1 is 1.52 bits per heavy atom. The van der Waals surface area contributed by atoms with E-state index in [0.29, 0.717) is 23.8 Å². The maximum atomic E-state index is 12.8. The first-order chi connectivity index (χ1) is 10.1. The van der Waals surface area contributed by atoms with Gasteiger partial charge < -0.3 is 15.8 Å². The third-order valence-electron chi connectivity index (χ3n) is 2.76. The molecule has 0 saturated carbocycles. The summed E-state index contributed by atoms with van der Waals surface area (Å²) < 4.78 is 17.7. The van der Waals surface area contributed by atoms with Crippen LogP contribution in [0.4, 0.5) is 15.8 Å². The lowest BCUT2D eigenvalue weighted by molar-refractivity contribution is -0.142. The van der Waals surface area contributed by atoms with Gasteiger partial charge in [0.1, 0.15) is 5.01 Å². The molecule has 0 saturated heterocycles. The Morgan fingerprint density at radius 3 is 2.95 bits per heavy atom. The monoisotopic (exact) mass is 309 g/mol. The Hall–Kier alpha value is -2.15. The molecule has 0 fully saturated rings. The molecule has 0 aliphatic heterocycles. The summed E-state index contributed by atoms with van der Waals surface area (Å²) in [6.45, 7) is 2.53. The van der Waals surface area contributed by atoms with Crippen LogP contribution in [-0.4, -0.2) is 17.6 Å². The zero-order chi connectivity index (χ0) is 15.2. The number of hydrogen-bond acceptors (Lipinski definition) is 6. The Balaban J connectivity index is 1.96. The van der Waals surface area contributed by atoms with Gasteiger partial charge in [-0.15, -0.1) is 0 Å². The van der Waals surface area contributed by atoms with Gasteiger partial charge in [0.15, 0.2) is 5.13 Å². The van der Waals surface area contributed by atoms with Crippen LogP contribution in [0.2, 0.25) is 0 Å². The average molecular weight is 309 g/mol. The highest BCUT2D eigenvalue weighted by Gasteiger charge is 2.08. The largest absolute Gasteiger partial charge is 0.466 e. The number of halogens is 1. The summed E-state index contributed by atoms with van der Waals surface area (Å²) in [6.07, 6.45) is 1.34. The Labute approximate surface area is 126 Å². The second-order valence-corrected chi connectivity index (χ2v) is 5.37. The van der Waals surface area contributed by atoms with E-state index in [1.165, 1.54) is 6.20 Å². The molecule has 0 unspecified atom stereocenters. The summed E-state index contributed by atoms with van der Waals surface area (Å²) in [5.74, 6) is -0.303. The van der Waals surface area contributed by atoms with Gasteiger partial charge in [0.2, 0.25) is 0 Å². The van der Waals surface area contributed by atoms with Crippen molar-refractivity contribution in [3.05, 3.63) is 40.1 Å². The lowest BCUT2D eigenvalue weighted by Gasteiger charge is -2.09. The van der Waals surface area contributed by atoms with Gasteiger partial charge in [0.25, 0.3) is 0 Å². The third kappa shape index (κ3) is 4.42. The first kappa shape index (κ1) is 15.2. The molecule has 112 valence electrons. The van der Waals surface area contributed by atoms with Crippen LogP contribution in [0.15, 0.2) is 24.4 Å². The van der Waals surface area contributed by atoms with Crippen molar-refractivity contribution in [3.8, 4) is 0 Å². The van der Waals surface area contributed by atoms with Crippen molar-refractivity contribution < 1.29 is 13.9 Å². The molecule has 5 nitrogen and oxygen atoms in total. The first-order valence-electron chi connectivity index (χ1n) is 6.46. The Morgan fingerprint density at radius 2 is 2.33 bits per heavy atom. The number of nitrogen functional groups attached to an aromatic ring is 1. The van der Waals surface area contributed by atoms with E-state index < -0.39 is 0 Å². The molecular formula is C14H16FN3O2S. The van der Waals surface area contributed by atoms with Gasteiger partial charge in [-0.2, -0.15) is 4.39 Å². The van der Waals surface area contributed by atoms with Gasteiger partial charge in [0, 0.05) is 11.4 Å². The van der Waals surface area contributed by atoms with E-state index in [9.17, 15) is 9.18 Å². The standard InChI is InChI=1S/C14H16FN3O2S/c1-2-20-14(19)5-9-3-4-10(6-11(9)16)17-8-13-18-7-12(15)21-13/h3-4,6-7,17H,2,5,8,16H2,1H3. The van der Waals surface area contributed by atoms with Gasteiger partial charge in [-0.25, -0.2) is 4.98 Å². The highest BCUT2D eigenvalue weighted by atomic mass is 32.1. The second-order valence-electron chi connectivity index (χ2n) is 4.31. The van der Waals surface area contributed by atoms with Gasteiger partial charge in [-0.05, 0) is 24.6 Å². The molecule has 7 heteroatoms. The van der Waals surface area contributed by atoms with Crippen LogP contribution in [0.25, 0.3) is 0 Å². The van der Waals surface area contributed by atoms with Crippen LogP contribution in [0.3, 0.4) is 0 Å². The van der Waals surface area contributed by atoms with Crippen molar-refractivity contribution in [2.75, 3.05) is 17.7 Å². The molecule has 0 spiro atoms. The molecule has 2 aromatic rings. The minimum absolute atomic E-state index is 0.150. The maximum absolute atomic E-state index is 12.8. The van der Waals surface area contributed by atoms with Crippen LogP contribution < -0.4 is 11.1 Å². The number of thiazole rings is 1. The van der Waals surface area contributed by atoms with Crippen LogP contribution in [-0.2, 0) is 22.5 Å². The topological polar surface area (TPSA) is 77.2 Å². The van der Waals surface area contributed by atoms with Crippen LogP contribution in [0.5, 0.6) is 0 Å². The smallest absolute Gasteiger partial charge is 0.310 e. The number of nitrogens with zero attached hydrogens (tertiary/aromatic N) is 1. The van der Waals surface area contributed by atoms with Crippen molar-refractivity contribution >= 4 is 28.7 Å². The van der Waals surface area contributed by atoms with Gasteiger partial charge in [-0.3, -0.25) is 4.79 Å². The minimum Gasteiger partial charge on any atom is -0.466 e. The Bertz CT molecular complexity index is 630. The SMILES string of the molecule is CCOC(=O)Cc1ccc(NCc2ncc(F)s2)cc1N. The molecule has 0 aliphatic rings. The van der Waals surface area contributed by atoms with E-state index in [-0.39, 0.29) is 17.5 Å². The fraction of sp³-hybridized carbons (Fsp3) is 0.286. The third-order valence-corrected chi connectivity index (χ3v) is 3.54. The summed E-state index contributed by atoms with van der Waals surface area (Å²) in [4.78, 5) is 15.3. The van der Waals surface area contributed by atoms with E-state index in [4.69, 9.17) is 10.5 Å². The average Bonchev–Trinajstić information content (AvgIpc) is 2.85. The van der Waals surface area contributed by atoms with E-state index in [0.717, 1.165) is 22.6 Å². The van der Waals surface area contributed by atoms with Gasteiger partial charge >= 0.3 is 5.97 Å². The highest BCUT2D eigenvalue weighted by molar-refractivity contribution is 7.09. The normalized spacial score (nSPS) is 10.4. The number of nitrogens with two attached hydrogens (primary N) is 1. The van der Waals surface area contributed by atoms with Crippen molar-refractivity contribution in [1.29, 1.82) is 0 Å². The lowest BCUT2D eigenvalue weighted by atomic mass is 10.1. The predicted octanol–water partition coefficient (Wildman–Crippen LogP) is 2.58. The zero-order valence-electron chi connectivity index (χ0n) is 11.6. The fourth-order valence-electron chi connectivity index (χ4n) is 1.78. The lowest BCUT2D eigenvalue weighted by Crippen LogP contribution is -2.09. The van der Waals surface area contributed by atoms with Crippen LogP contribution in [0.1, 0.15) is 17.5 Å². The fourth-order valence-corrected chi connectivity index (χ4v) is 2.36. The number of esters is 1. The number of carbonyl (C=O) groups excluding carboxylic acids is 1. The first-order valence-corrected chi connectivity index (χ1v) is 7.28. The van der Waals surface area contributed by atoms with E-state index >= 15 is 0 Å². The number of ether oxygens (including phenoxy) is 1. The van der Waals surface area contributed by atoms with E-state index in [1.54, 1.807) is 19.1 Å². The number of rotatable bonds is 6. The summed E-state index contributed by atoms with van der Waals surface area (Å²) in [7, 11) is 0. The summed E-state index contributed by atoms with van der Waals surface area (Å²) in [5.41, 5.74) is 7.94. The summed E-state index contributed by atoms with van der Waals surface area (Å²) in [6, 6.07) is 5.32. The van der Waals surface area contributed by atoms with Crippen molar-refractivity contribution in [1.82, 2.24) is 4.98 Å². The van der Waals surface area contributed by atoms with Crippen LogP contribution in [0, 0.1) is 5.13 Å². The van der Waals surface area contributed by atoms with Crippen molar-refractivity contribution in [2.24, 2.45) is 0 Å². The number of aromatic nitrogens is 1. The van der Waals surface area contributed by atoms with E-state index in [2.05, 4.69) is 10.3 Å². The van der Waals surface area contributed by atoms with Crippen molar-refractivity contribution in [3.63, 3.8) is 0 Å². The molecule has 1 aromatic heterocycles. The number of hydrogen-bond donors (Lipinski definition) is 2. The van der Waals surface area contributed by atoms with Gasteiger partial charge in [0.05, 0.1) is 25.8 Å². The summed E-state index contributed by atoms with van der Waals surface area (Å²) >= 11 is 0.995. The number of nitrogens with one attached hydrogen (secondary N) is 1. The second kappa shape index (κ2) is 7.03. The Kier molecular flexibility index (Phi) is 5.10. The molecule has 1 aromatic carbocycles. The molecule has 0 radical (unpaired) electrons. The zero-order valence-corrected chi connectivity index (χ0v) is 12.4. The molecule has 21 heavy (non-hydrogen) atoms. The van der Waals surface area contributed by atoms with Crippen LogP contribution >= 0.6 is 11.3 Å². The molecule has 1 heterocycles. The molecule has 3 N–H and O–H groups in total. The molecule has 2 rings (SSSR count). The maximum Gasteiger partial charge on any atom is 0.310 e. The van der Waals surface area contributed by atoms with Gasteiger partial charge in [-0.1, -0.05) is 17.4 Å². The predicted molar refractivity (Wildman–Crippen MR) is 80.6 cm³/mol. The summed E-state index contributed by atoms with van der Waals surface area (Å²) in [5, 5.41) is 3.45. The molecule has 0 amide bonds. The molecule has 0 bridgehead atoms. The minimum atomic E-state index is -0.309. The van der Waals surface area contributed by atoms with Crippen molar-refractivity contribution in [2.45, 2.75) is 19.9 Å². The molecule has 0 aliphatic carbocycles. The van der Waals surface area contributed by atoms with E-state index in [1.807, 2.05) is 6.07 Å². The number of anilines is 2.